The van der Waals surface area contributed by atoms with Crippen molar-refractivity contribution in [2.45, 2.75) is 39.7 Å². The highest BCUT2D eigenvalue weighted by atomic mass is 16.1. The van der Waals surface area contributed by atoms with Crippen molar-refractivity contribution in [3.63, 3.8) is 0 Å². The lowest BCUT2D eigenvalue weighted by atomic mass is 10.1. The fourth-order valence-corrected chi connectivity index (χ4v) is 1.70. The van der Waals surface area contributed by atoms with E-state index in [1.54, 1.807) is 6.08 Å². The Balaban J connectivity index is 2.38. The van der Waals surface area contributed by atoms with Crippen molar-refractivity contribution in [3.05, 3.63) is 12.2 Å². The maximum Gasteiger partial charge on any atom is 0.157 e. The molecule has 0 aromatic heterocycles. The molecule has 1 aliphatic rings. The van der Waals surface area contributed by atoms with E-state index in [1.807, 2.05) is 19.9 Å². The first-order valence-corrected chi connectivity index (χ1v) is 5.57. The lowest BCUT2D eigenvalue weighted by Crippen LogP contribution is -2.28. The van der Waals surface area contributed by atoms with Gasteiger partial charge in [0.05, 0.1) is 0 Å². The van der Waals surface area contributed by atoms with Gasteiger partial charge in [-0.05, 0) is 38.9 Å². The Kier molecular flexibility index (Phi) is 4.33. The average Bonchev–Trinajstić information content (AvgIpc) is 2.66. The maximum absolute atomic E-state index is 11.4. The van der Waals surface area contributed by atoms with Gasteiger partial charge in [-0.1, -0.05) is 19.9 Å². The van der Waals surface area contributed by atoms with E-state index in [2.05, 4.69) is 11.8 Å². The zero-order valence-electron chi connectivity index (χ0n) is 9.49. The predicted molar refractivity (Wildman–Crippen MR) is 59.3 cm³/mol. The lowest BCUT2D eigenvalue weighted by Gasteiger charge is -2.20. The van der Waals surface area contributed by atoms with Crippen LogP contribution in [0.2, 0.25) is 0 Å². The molecule has 0 radical (unpaired) electrons. The monoisotopic (exact) mass is 195 g/mol. The third-order valence-corrected chi connectivity index (χ3v) is 2.82. The van der Waals surface area contributed by atoms with E-state index in [-0.39, 0.29) is 11.7 Å². The van der Waals surface area contributed by atoms with Gasteiger partial charge in [-0.3, -0.25) is 9.69 Å². The Morgan fingerprint density at radius 2 is 1.79 bits per heavy atom. The van der Waals surface area contributed by atoms with Gasteiger partial charge in [-0.25, -0.2) is 0 Å². The van der Waals surface area contributed by atoms with Crippen LogP contribution in [0.5, 0.6) is 0 Å². The van der Waals surface area contributed by atoms with Crippen LogP contribution in [-0.4, -0.2) is 29.8 Å². The van der Waals surface area contributed by atoms with Gasteiger partial charge in [0.15, 0.2) is 5.78 Å². The van der Waals surface area contributed by atoms with E-state index in [4.69, 9.17) is 0 Å². The second-order valence-electron chi connectivity index (χ2n) is 4.40. The van der Waals surface area contributed by atoms with Crippen molar-refractivity contribution in [2.75, 3.05) is 13.1 Å². The summed E-state index contributed by atoms with van der Waals surface area (Å²) in [5, 5.41) is 0. The fourth-order valence-electron chi connectivity index (χ4n) is 1.70. The second-order valence-corrected chi connectivity index (χ2v) is 4.40. The molecule has 80 valence electrons. The van der Waals surface area contributed by atoms with Crippen molar-refractivity contribution in [1.82, 2.24) is 4.90 Å². The second kappa shape index (κ2) is 5.30. The zero-order chi connectivity index (χ0) is 10.6. The van der Waals surface area contributed by atoms with Crippen molar-refractivity contribution in [3.8, 4) is 0 Å². The number of hydrogen-bond donors (Lipinski definition) is 0. The van der Waals surface area contributed by atoms with Crippen molar-refractivity contribution in [2.24, 2.45) is 5.92 Å². The summed E-state index contributed by atoms with van der Waals surface area (Å²) < 4.78 is 0. The van der Waals surface area contributed by atoms with Crippen LogP contribution in [0, 0.1) is 5.92 Å². The minimum atomic E-state index is 0.122. The highest BCUT2D eigenvalue weighted by Crippen LogP contribution is 2.12. The van der Waals surface area contributed by atoms with Gasteiger partial charge >= 0.3 is 0 Å². The summed E-state index contributed by atoms with van der Waals surface area (Å²) in [6, 6.07) is 0.417. The molecule has 2 nitrogen and oxygen atoms in total. The third kappa shape index (κ3) is 3.26. The van der Waals surface area contributed by atoms with E-state index in [1.165, 1.54) is 25.9 Å². The molecule has 0 amide bonds. The van der Waals surface area contributed by atoms with Crippen LogP contribution >= 0.6 is 0 Å². The van der Waals surface area contributed by atoms with E-state index >= 15 is 0 Å². The first-order chi connectivity index (χ1) is 6.61. The Hall–Kier alpha value is -0.630. The van der Waals surface area contributed by atoms with Crippen LogP contribution < -0.4 is 0 Å². The van der Waals surface area contributed by atoms with Gasteiger partial charge in [-0.15, -0.1) is 0 Å². The van der Waals surface area contributed by atoms with Gasteiger partial charge < -0.3 is 0 Å². The normalized spacial score (nSPS) is 20.9. The minimum Gasteiger partial charge on any atom is -0.297 e. The van der Waals surface area contributed by atoms with Crippen LogP contribution in [0.15, 0.2) is 12.2 Å². The smallest absolute Gasteiger partial charge is 0.157 e. The molecular formula is C12H21NO. The molecule has 1 fully saturated rings. The molecule has 0 spiro atoms. The average molecular weight is 195 g/mol. The third-order valence-electron chi connectivity index (χ3n) is 2.82. The van der Waals surface area contributed by atoms with E-state index in [0.29, 0.717) is 6.04 Å². The standard InChI is InChI=1S/C12H21NO/c1-10(2)12(14)7-6-11(3)13-8-4-5-9-13/h6-7,10-11H,4-5,8-9H2,1-3H3/b7-6+. The van der Waals surface area contributed by atoms with Crippen molar-refractivity contribution >= 4 is 5.78 Å². The highest BCUT2D eigenvalue weighted by molar-refractivity contribution is 5.91. The number of rotatable bonds is 4. The van der Waals surface area contributed by atoms with Crippen LogP contribution in [0.25, 0.3) is 0 Å². The number of allylic oxidation sites excluding steroid dienone is 1. The van der Waals surface area contributed by atoms with E-state index in [0.717, 1.165) is 0 Å². The molecule has 1 unspecified atom stereocenters. The Labute approximate surface area is 87.0 Å². The molecule has 1 saturated heterocycles. The largest absolute Gasteiger partial charge is 0.297 e. The predicted octanol–water partition coefficient (Wildman–Crippen LogP) is 2.25. The van der Waals surface area contributed by atoms with Crippen LogP contribution in [0.4, 0.5) is 0 Å². The molecule has 1 rings (SSSR count). The van der Waals surface area contributed by atoms with Crippen LogP contribution in [-0.2, 0) is 4.79 Å². The Morgan fingerprint density at radius 3 is 2.29 bits per heavy atom. The van der Waals surface area contributed by atoms with E-state index < -0.39 is 0 Å². The van der Waals surface area contributed by atoms with Gasteiger partial charge in [-0.2, -0.15) is 0 Å². The van der Waals surface area contributed by atoms with Crippen molar-refractivity contribution < 1.29 is 4.79 Å². The van der Waals surface area contributed by atoms with Gasteiger partial charge in [0, 0.05) is 12.0 Å². The highest BCUT2D eigenvalue weighted by Gasteiger charge is 2.15. The van der Waals surface area contributed by atoms with Crippen molar-refractivity contribution in [1.29, 1.82) is 0 Å². The number of carbonyl (C=O) groups is 1. The van der Waals surface area contributed by atoms with Crippen LogP contribution in [0.1, 0.15) is 33.6 Å². The summed E-state index contributed by atoms with van der Waals surface area (Å²) in [5.41, 5.74) is 0. The molecule has 0 aromatic rings. The molecule has 0 N–H and O–H groups in total. The summed E-state index contributed by atoms with van der Waals surface area (Å²) in [7, 11) is 0. The molecule has 0 saturated carbocycles. The Bertz CT molecular complexity index is 214. The first kappa shape index (κ1) is 11.4. The molecule has 1 aliphatic heterocycles. The molecule has 0 aromatic carbocycles. The zero-order valence-corrected chi connectivity index (χ0v) is 9.49. The number of nitrogens with zero attached hydrogens (tertiary/aromatic N) is 1. The summed E-state index contributed by atoms with van der Waals surface area (Å²) in [6.07, 6.45) is 6.38. The first-order valence-electron chi connectivity index (χ1n) is 5.57. The van der Waals surface area contributed by atoms with Gasteiger partial charge in [0.2, 0.25) is 0 Å². The molecule has 14 heavy (non-hydrogen) atoms. The summed E-state index contributed by atoms with van der Waals surface area (Å²) >= 11 is 0. The summed E-state index contributed by atoms with van der Waals surface area (Å²) in [5.74, 6) is 0.355. The Morgan fingerprint density at radius 1 is 1.21 bits per heavy atom. The topological polar surface area (TPSA) is 20.3 Å². The van der Waals surface area contributed by atoms with Crippen LogP contribution in [0.3, 0.4) is 0 Å². The van der Waals surface area contributed by atoms with Gasteiger partial charge in [0.1, 0.15) is 0 Å². The molecule has 0 aliphatic carbocycles. The number of likely N-dealkylation sites (tertiary alicyclic amines) is 1. The summed E-state index contributed by atoms with van der Waals surface area (Å²) in [4.78, 5) is 13.8. The molecule has 2 heteroatoms. The number of hydrogen-bond acceptors (Lipinski definition) is 2. The van der Waals surface area contributed by atoms with Gasteiger partial charge in [0.25, 0.3) is 0 Å². The number of carbonyl (C=O) groups excluding carboxylic acids is 1. The van der Waals surface area contributed by atoms with E-state index in [9.17, 15) is 4.79 Å². The quantitative estimate of drug-likeness (QED) is 0.641. The maximum atomic E-state index is 11.4. The molecular weight excluding hydrogens is 174 g/mol. The SMILES string of the molecule is CC(C)C(=O)/C=C/C(C)N1CCCC1. The summed E-state index contributed by atoms with van der Waals surface area (Å²) in [6.45, 7) is 8.40. The molecule has 1 atom stereocenters. The number of ketones is 1. The molecule has 1 heterocycles. The fraction of sp³-hybridized carbons (Fsp3) is 0.750. The minimum absolute atomic E-state index is 0.122. The molecule has 0 bridgehead atoms. The lowest BCUT2D eigenvalue weighted by molar-refractivity contribution is -0.117.